The highest BCUT2D eigenvalue weighted by Crippen LogP contribution is 2.39. The monoisotopic (exact) mass is 437 g/mol. The third-order valence-corrected chi connectivity index (χ3v) is 4.36. The fraction of sp³-hybridized carbons (Fsp3) is 0.118. The van der Waals surface area contributed by atoms with E-state index in [1.807, 2.05) is 0 Å². The molecule has 1 aliphatic rings. The number of nitro groups is 1. The van der Waals surface area contributed by atoms with Gasteiger partial charge in [-0.3, -0.25) is 20.2 Å². The molecule has 2 N–H and O–H groups in total. The van der Waals surface area contributed by atoms with Crippen molar-refractivity contribution in [2.45, 2.75) is 6.42 Å². The van der Waals surface area contributed by atoms with Gasteiger partial charge in [-0.1, -0.05) is 29.3 Å². The Hall–Kier alpha value is -3.37. The molecule has 0 radical (unpaired) electrons. The predicted molar refractivity (Wildman–Crippen MR) is 108 cm³/mol. The Kier molecular flexibility index (Phi) is 5.85. The molecule has 0 aromatic heterocycles. The number of methoxy groups -OCH3 is 1. The van der Waals surface area contributed by atoms with E-state index in [1.165, 1.54) is 43.5 Å². The largest absolute Gasteiger partial charge is 0.497 e. The van der Waals surface area contributed by atoms with Gasteiger partial charge in [0.1, 0.15) is 17.3 Å². The minimum atomic E-state index is -0.717. The molecule has 1 aliphatic heterocycles. The topological polar surface area (TPSA) is 126 Å². The first-order valence-corrected chi connectivity index (χ1v) is 8.80. The molecule has 3 rings (SSSR count). The highest BCUT2D eigenvalue weighted by Gasteiger charge is 2.30. The Labute approximate surface area is 174 Å². The van der Waals surface area contributed by atoms with Crippen molar-refractivity contribution in [2.75, 3.05) is 17.4 Å². The zero-order valence-electron chi connectivity index (χ0n) is 14.8. The van der Waals surface area contributed by atoms with Gasteiger partial charge in [-0.05, 0) is 6.07 Å². The number of carbonyl (C=O) groups excluding carboxylic acids is 2. The molecule has 0 aliphatic carbocycles. The third kappa shape index (κ3) is 4.55. The number of hydrogen-bond acceptors (Lipinski definition) is 6. The predicted octanol–water partition coefficient (Wildman–Crippen LogP) is 3.78. The molecular formula is C17H13Cl2N5O5. The summed E-state index contributed by atoms with van der Waals surface area (Å²) in [7, 11) is 1.45. The number of amidine groups is 1. The average molecular weight is 438 g/mol. The van der Waals surface area contributed by atoms with Gasteiger partial charge in [0.05, 0.1) is 28.5 Å². The maximum atomic E-state index is 12.3. The number of hydrogen-bond donors (Lipinski definition) is 2. The van der Waals surface area contributed by atoms with E-state index in [2.05, 4.69) is 15.7 Å². The molecule has 1 heterocycles. The molecule has 0 unspecified atom stereocenters. The first kappa shape index (κ1) is 20.4. The highest BCUT2D eigenvalue weighted by molar-refractivity contribution is 6.40. The van der Waals surface area contributed by atoms with Crippen LogP contribution in [0, 0.1) is 10.1 Å². The smallest absolute Gasteiger partial charge is 0.324 e. The van der Waals surface area contributed by atoms with Crippen LogP contribution in [0.2, 0.25) is 10.0 Å². The van der Waals surface area contributed by atoms with E-state index < -0.39 is 16.9 Å². The Balaban J connectivity index is 1.74. The standard InChI is InChI=1S/C17H13Cl2N5O5/c1-29-11-6-12(18)16(13(19)7-11)23-15(25)8-14(22-23)21-17(26)20-9-3-2-4-10(5-9)24(27)28/h2-7H,8H2,1H3,(H2,20,21,22,26). The van der Waals surface area contributed by atoms with Gasteiger partial charge in [0.25, 0.3) is 11.6 Å². The summed E-state index contributed by atoms with van der Waals surface area (Å²) in [5.41, 5.74) is 0.195. The maximum absolute atomic E-state index is 12.3. The molecule has 0 saturated heterocycles. The third-order valence-electron chi connectivity index (χ3n) is 3.79. The summed E-state index contributed by atoms with van der Waals surface area (Å²) in [6, 6.07) is 7.65. The second kappa shape index (κ2) is 8.33. The molecule has 150 valence electrons. The molecule has 0 fully saturated rings. The lowest BCUT2D eigenvalue weighted by molar-refractivity contribution is -0.384. The normalized spacial score (nSPS) is 13.1. The van der Waals surface area contributed by atoms with Crippen molar-refractivity contribution in [3.05, 3.63) is 56.6 Å². The molecule has 2 aromatic carbocycles. The van der Waals surface area contributed by atoms with Crippen molar-refractivity contribution in [1.29, 1.82) is 0 Å². The number of amides is 3. The summed E-state index contributed by atoms with van der Waals surface area (Å²) in [6.45, 7) is 0. The summed E-state index contributed by atoms with van der Waals surface area (Å²) in [6.07, 6.45) is -0.193. The number of anilines is 2. The van der Waals surface area contributed by atoms with E-state index in [4.69, 9.17) is 27.9 Å². The minimum Gasteiger partial charge on any atom is -0.497 e. The van der Waals surface area contributed by atoms with Crippen LogP contribution in [0.1, 0.15) is 6.42 Å². The van der Waals surface area contributed by atoms with Gasteiger partial charge in [0.2, 0.25) is 0 Å². The van der Waals surface area contributed by atoms with Gasteiger partial charge >= 0.3 is 6.03 Å². The summed E-state index contributed by atoms with van der Waals surface area (Å²) < 4.78 is 5.06. The number of nitro benzene ring substituents is 1. The van der Waals surface area contributed by atoms with Crippen LogP contribution in [0.15, 0.2) is 41.5 Å². The van der Waals surface area contributed by atoms with E-state index in [1.54, 1.807) is 0 Å². The second-order valence-electron chi connectivity index (χ2n) is 5.76. The zero-order chi connectivity index (χ0) is 21.1. The molecule has 0 atom stereocenters. The van der Waals surface area contributed by atoms with Crippen LogP contribution in [-0.4, -0.2) is 29.8 Å². The highest BCUT2D eigenvalue weighted by atomic mass is 35.5. The van der Waals surface area contributed by atoms with Crippen LogP contribution in [0.4, 0.5) is 21.9 Å². The van der Waals surface area contributed by atoms with Crippen molar-refractivity contribution in [3.8, 4) is 5.75 Å². The molecule has 0 saturated carbocycles. The van der Waals surface area contributed by atoms with E-state index in [9.17, 15) is 19.7 Å². The van der Waals surface area contributed by atoms with Crippen LogP contribution in [0.3, 0.4) is 0 Å². The number of nitrogens with one attached hydrogen (secondary N) is 2. The lowest BCUT2D eigenvalue weighted by Crippen LogP contribution is -2.33. The van der Waals surface area contributed by atoms with Crippen LogP contribution >= 0.6 is 23.2 Å². The molecule has 10 nitrogen and oxygen atoms in total. The first-order chi connectivity index (χ1) is 13.8. The number of non-ortho nitro benzene ring substituents is 1. The minimum absolute atomic E-state index is 0.0564. The Morgan fingerprint density at radius 1 is 1.24 bits per heavy atom. The molecule has 29 heavy (non-hydrogen) atoms. The number of hydrazone groups is 1. The Morgan fingerprint density at radius 3 is 2.55 bits per heavy atom. The van der Waals surface area contributed by atoms with Gasteiger partial charge in [-0.2, -0.15) is 10.1 Å². The molecule has 2 aromatic rings. The van der Waals surface area contributed by atoms with Crippen molar-refractivity contribution >= 4 is 58.0 Å². The molecule has 12 heteroatoms. The first-order valence-electron chi connectivity index (χ1n) is 8.04. The zero-order valence-corrected chi connectivity index (χ0v) is 16.3. The van der Waals surface area contributed by atoms with E-state index in [-0.39, 0.29) is 39.4 Å². The lowest BCUT2D eigenvalue weighted by atomic mass is 10.2. The van der Waals surface area contributed by atoms with Crippen LogP contribution < -0.4 is 20.4 Å². The Morgan fingerprint density at radius 2 is 1.93 bits per heavy atom. The molecule has 3 amide bonds. The van der Waals surface area contributed by atoms with Crippen molar-refractivity contribution in [1.82, 2.24) is 5.32 Å². The summed E-state index contributed by atoms with van der Waals surface area (Å²) >= 11 is 12.4. The van der Waals surface area contributed by atoms with Gasteiger partial charge in [0, 0.05) is 30.0 Å². The van der Waals surface area contributed by atoms with Crippen molar-refractivity contribution in [3.63, 3.8) is 0 Å². The molecule has 0 bridgehead atoms. The van der Waals surface area contributed by atoms with Crippen LogP contribution in [0.25, 0.3) is 0 Å². The number of halogens is 2. The van der Waals surface area contributed by atoms with E-state index in [0.29, 0.717) is 5.75 Å². The fourth-order valence-electron chi connectivity index (χ4n) is 2.53. The number of rotatable bonds is 4. The van der Waals surface area contributed by atoms with Gasteiger partial charge in [0.15, 0.2) is 0 Å². The van der Waals surface area contributed by atoms with Gasteiger partial charge in [-0.15, -0.1) is 0 Å². The van der Waals surface area contributed by atoms with Crippen molar-refractivity contribution < 1.29 is 19.2 Å². The van der Waals surface area contributed by atoms with Crippen molar-refractivity contribution in [2.24, 2.45) is 5.10 Å². The number of nitrogens with zero attached hydrogens (tertiary/aromatic N) is 3. The number of urea groups is 1. The number of benzene rings is 2. The summed E-state index contributed by atoms with van der Waals surface area (Å²) in [5.74, 6) is 0.0135. The van der Waals surface area contributed by atoms with Crippen LogP contribution in [0.5, 0.6) is 5.75 Å². The van der Waals surface area contributed by atoms with E-state index >= 15 is 0 Å². The maximum Gasteiger partial charge on any atom is 0.324 e. The number of ether oxygens (including phenoxy) is 1. The van der Waals surface area contributed by atoms with E-state index in [0.717, 1.165) is 5.01 Å². The average Bonchev–Trinajstić information content (AvgIpc) is 3.00. The lowest BCUT2D eigenvalue weighted by Gasteiger charge is -2.16. The fourth-order valence-corrected chi connectivity index (χ4v) is 3.15. The summed E-state index contributed by atoms with van der Waals surface area (Å²) in [5, 5.41) is 21.0. The summed E-state index contributed by atoms with van der Waals surface area (Å²) in [4.78, 5) is 34.7. The SMILES string of the molecule is COc1cc(Cl)c(N2N=C(NC(=O)Nc3cccc([N+](=O)[O-])c3)CC2=O)c(Cl)c1. The second-order valence-corrected chi connectivity index (χ2v) is 6.57. The molecular weight excluding hydrogens is 425 g/mol. The molecule has 0 spiro atoms. The van der Waals surface area contributed by atoms with Gasteiger partial charge < -0.3 is 10.1 Å². The number of carbonyl (C=O) groups is 2. The van der Waals surface area contributed by atoms with Crippen LogP contribution in [-0.2, 0) is 4.79 Å². The Bertz CT molecular complexity index is 1020. The quantitative estimate of drug-likeness (QED) is 0.555. The van der Waals surface area contributed by atoms with Gasteiger partial charge in [-0.25, -0.2) is 4.79 Å².